The van der Waals surface area contributed by atoms with Crippen molar-refractivity contribution in [3.8, 4) is 0 Å². The first-order valence-corrected chi connectivity index (χ1v) is 15.7. The number of carbonyl (C=O) groups excluding carboxylic acids is 4. The number of carbonyl (C=O) groups is 4. The number of aromatic nitrogens is 1. The van der Waals surface area contributed by atoms with Crippen LogP contribution in [0.1, 0.15) is 57.3 Å². The molecule has 0 unspecified atom stereocenters. The lowest BCUT2D eigenvalue weighted by Gasteiger charge is -2.07. The van der Waals surface area contributed by atoms with E-state index < -0.39 is 11.9 Å². The molecule has 1 aromatic carbocycles. The first-order chi connectivity index (χ1) is 19.4. The number of anilines is 1. The number of nitrogens with zero attached hydrogens (tertiary/aromatic N) is 2. The molecule has 212 valence electrons. The van der Waals surface area contributed by atoms with Gasteiger partial charge in [0.25, 0.3) is 5.91 Å². The highest BCUT2D eigenvalue weighted by Crippen LogP contribution is 2.38. The molecular weight excluding hydrogens is 571 g/mol. The molecular formula is C28H31N3O6S3. The van der Waals surface area contributed by atoms with Crippen LogP contribution in [0.3, 0.4) is 0 Å². The Balaban J connectivity index is 1.43. The third-order valence-electron chi connectivity index (χ3n) is 6.25. The fourth-order valence-corrected chi connectivity index (χ4v) is 7.48. The Labute approximate surface area is 244 Å². The molecule has 0 atom stereocenters. The maximum Gasteiger partial charge on any atom is 0.341 e. The fraction of sp³-hybridized carbons (Fsp3) is 0.393. The van der Waals surface area contributed by atoms with Gasteiger partial charge < -0.3 is 19.4 Å². The summed E-state index contributed by atoms with van der Waals surface area (Å²) in [6, 6.07) is 5.22. The molecule has 0 saturated carbocycles. The van der Waals surface area contributed by atoms with Gasteiger partial charge in [-0.05, 0) is 56.4 Å². The van der Waals surface area contributed by atoms with Crippen molar-refractivity contribution in [3.63, 3.8) is 0 Å². The SMILES string of the molecule is C=CCn1c(=NC(=O)CSCC(=O)Nc2sc3c(c2C(=O)OC)CCCCC3)sc2cc(C(=O)OCC)ccc21. The van der Waals surface area contributed by atoms with Crippen LogP contribution < -0.4 is 10.1 Å². The van der Waals surface area contributed by atoms with Crippen molar-refractivity contribution >= 4 is 73.4 Å². The number of ether oxygens (including phenoxy) is 2. The van der Waals surface area contributed by atoms with Crippen LogP contribution in [0.4, 0.5) is 5.00 Å². The van der Waals surface area contributed by atoms with Gasteiger partial charge in [-0.3, -0.25) is 9.59 Å². The van der Waals surface area contributed by atoms with Crippen molar-refractivity contribution < 1.29 is 28.7 Å². The Bertz CT molecular complexity index is 1520. The number of esters is 2. The smallest absolute Gasteiger partial charge is 0.341 e. The van der Waals surface area contributed by atoms with Crippen molar-refractivity contribution in [1.82, 2.24) is 4.57 Å². The zero-order valence-electron chi connectivity index (χ0n) is 22.4. The average molecular weight is 602 g/mol. The predicted molar refractivity (Wildman–Crippen MR) is 159 cm³/mol. The summed E-state index contributed by atoms with van der Waals surface area (Å²) < 4.78 is 12.7. The minimum Gasteiger partial charge on any atom is -0.465 e. The number of fused-ring (bicyclic) bond motifs is 2. The minimum absolute atomic E-state index is 0.00856. The number of thiophene rings is 1. The molecule has 0 fully saturated rings. The molecule has 0 radical (unpaired) electrons. The molecule has 1 aliphatic rings. The molecule has 9 nitrogen and oxygen atoms in total. The third-order valence-corrected chi connectivity index (χ3v) is 9.41. The molecule has 1 aliphatic carbocycles. The summed E-state index contributed by atoms with van der Waals surface area (Å²) in [4.78, 5) is 55.9. The van der Waals surface area contributed by atoms with Gasteiger partial charge in [-0.2, -0.15) is 4.99 Å². The summed E-state index contributed by atoms with van der Waals surface area (Å²) in [5, 5.41) is 3.37. The number of benzene rings is 1. The number of aryl methyl sites for hydroxylation is 1. The second-order valence-corrected chi connectivity index (χ2v) is 12.1. The van der Waals surface area contributed by atoms with E-state index in [4.69, 9.17) is 9.47 Å². The van der Waals surface area contributed by atoms with E-state index in [2.05, 4.69) is 16.9 Å². The summed E-state index contributed by atoms with van der Waals surface area (Å²) in [6.07, 6.45) is 6.57. The van der Waals surface area contributed by atoms with E-state index in [-0.39, 0.29) is 29.9 Å². The molecule has 0 saturated heterocycles. The summed E-state index contributed by atoms with van der Waals surface area (Å²) in [5.74, 6) is -1.49. The maximum atomic E-state index is 12.7. The second-order valence-electron chi connectivity index (χ2n) is 8.99. The van der Waals surface area contributed by atoms with E-state index >= 15 is 0 Å². The minimum atomic E-state index is -0.443. The van der Waals surface area contributed by atoms with Crippen molar-refractivity contribution in [2.24, 2.45) is 4.99 Å². The van der Waals surface area contributed by atoms with Gasteiger partial charge in [0.2, 0.25) is 5.91 Å². The van der Waals surface area contributed by atoms with E-state index in [0.717, 1.165) is 64.5 Å². The Morgan fingerprint density at radius 3 is 2.67 bits per heavy atom. The Morgan fingerprint density at radius 2 is 1.93 bits per heavy atom. The predicted octanol–water partition coefficient (Wildman–Crippen LogP) is 4.98. The first-order valence-electron chi connectivity index (χ1n) is 13.0. The van der Waals surface area contributed by atoms with Crippen LogP contribution in [0.15, 0.2) is 35.8 Å². The molecule has 3 aromatic rings. The van der Waals surface area contributed by atoms with Gasteiger partial charge in [0.05, 0.1) is 46.6 Å². The van der Waals surface area contributed by atoms with Crippen molar-refractivity contribution in [3.05, 3.63) is 57.2 Å². The van der Waals surface area contributed by atoms with Crippen molar-refractivity contribution in [2.75, 3.05) is 30.5 Å². The number of thiazole rings is 1. The maximum absolute atomic E-state index is 12.7. The Hall–Kier alpha value is -3.22. The molecule has 2 amide bonds. The number of rotatable bonds is 10. The number of amides is 2. The van der Waals surface area contributed by atoms with Crippen LogP contribution in [0.25, 0.3) is 10.2 Å². The highest BCUT2D eigenvalue weighted by molar-refractivity contribution is 8.00. The standard InChI is InChI=1S/C28H31N3O6S3/c1-4-13-31-19-12-11-17(26(34)37-5-2)14-21(19)40-28(31)30-23(33)16-38-15-22(32)29-25-24(27(35)36-3)18-9-7-6-8-10-20(18)39-25/h4,11-12,14H,1,5-10,13,15-16H2,2-3H3,(H,29,32). The van der Waals surface area contributed by atoms with Gasteiger partial charge in [-0.1, -0.05) is 23.8 Å². The molecule has 0 aliphatic heterocycles. The lowest BCUT2D eigenvalue weighted by molar-refractivity contribution is -0.115. The highest BCUT2D eigenvalue weighted by atomic mass is 32.2. The number of thioether (sulfide) groups is 1. The first kappa shape index (κ1) is 29.8. The number of nitrogens with one attached hydrogen (secondary N) is 1. The third kappa shape index (κ3) is 6.91. The van der Waals surface area contributed by atoms with Crippen molar-refractivity contribution in [2.45, 2.75) is 45.6 Å². The second kappa shape index (κ2) is 13.9. The van der Waals surface area contributed by atoms with Crippen LogP contribution >= 0.6 is 34.4 Å². The van der Waals surface area contributed by atoms with E-state index in [1.807, 2.05) is 4.57 Å². The molecule has 40 heavy (non-hydrogen) atoms. The van der Waals surface area contributed by atoms with Crippen LogP contribution in [0, 0.1) is 0 Å². The zero-order chi connectivity index (χ0) is 28.6. The van der Waals surface area contributed by atoms with Crippen molar-refractivity contribution in [1.29, 1.82) is 0 Å². The molecule has 4 rings (SSSR count). The van der Waals surface area contributed by atoms with Crippen LogP contribution in [0.2, 0.25) is 0 Å². The van der Waals surface area contributed by atoms with E-state index in [9.17, 15) is 19.2 Å². The summed E-state index contributed by atoms with van der Waals surface area (Å²) in [7, 11) is 1.34. The number of hydrogen-bond donors (Lipinski definition) is 1. The van der Waals surface area contributed by atoms with Gasteiger partial charge in [0, 0.05) is 11.4 Å². The number of hydrogen-bond acceptors (Lipinski definition) is 9. The molecule has 2 heterocycles. The van der Waals surface area contributed by atoms with E-state index in [0.29, 0.717) is 27.5 Å². The topological polar surface area (TPSA) is 116 Å². The molecule has 1 N–H and O–H groups in total. The quantitative estimate of drug-likeness (QED) is 0.198. The van der Waals surface area contributed by atoms with E-state index in [1.165, 1.54) is 29.8 Å². The highest BCUT2D eigenvalue weighted by Gasteiger charge is 2.26. The Morgan fingerprint density at radius 1 is 1.12 bits per heavy atom. The number of methoxy groups -OCH3 is 1. The van der Waals surface area contributed by atoms with Crippen LogP contribution in [-0.4, -0.2) is 53.5 Å². The molecule has 0 bridgehead atoms. The fourth-order valence-electron chi connectivity index (χ4n) is 4.49. The van der Waals surface area contributed by atoms with Gasteiger partial charge >= 0.3 is 11.9 Å². The summed E-state index contributed by atoms with van der Waals surface area (Å²) in [5.41, 5.74) is 2.69. The van der Waals surface area contributed by atoms with Gasteiger partial charge in [0.1, 0.15) is 5.00 Å². The van der Waals surface area contributed by atoms with Crippen LogP contribution in [0.5, 0.6) is 0 Å². The average Bonchev–Trinajstić information content (AvgIpc) is 3.34. The molecule has 0 spiro atoms. The number of allylic oxidation sites excluding steroid dienone is 1. The van der Waals surface area contributed by atoms with Gasteiger partial charge in [0.15, 0.2) is 4.80 Å². The van der Waals surface area contributed by atoms with Gasteiger partial charge in [-0.15, -0.1) is 29.7 Å². The molecule has 2 aromatic heterocycles. The Kier molecular flexibility index (Phi) is 10.3. The summed E-state index contributed by atoms with van der Waals surface area (Å²) >= 11 is 3.88. The lowest BCUT2D eigenvalue weighted by atomic mass is 10.1. The normalized spacial score (nSPS) is 13.4. The van der Waals surface area contributed by atoms with E-state index in [1.54, 1.807) is 31.2 Å². The van der Waals surface area contributed by atoms with Crippen LogP contribution in [-0.2, 0) is 38.4 Å². The molecule has 12 heteroatoms. The summed E-state index contributed by atoms with van der Waals surface area (Å²) in [6.45, 7) is 6.26. The zero-order valence-corrected chi connectivity index (χ0v) is 24.9. The monoisotopic (exact) mass is 601 g/mol. The van der Waals surface area contributed by atoms with Gasteiger partial charge in [-0.25, -0.2) is 9.59 Å². The largest absolute Gasteiger partial charge is 0.465 e. The lowest BCUT2D eigenvalue weighted by Crippen LogP contribution is -2.19.